The Morgan fingerprint density at radius 3 is 2.55 bits per heavy atom. The van der Waals surface area contributed by atoms with Gasteiger partial charge in [0.05, 0.1) is 11.1 Å². The summed E-state index contributed by atoms with van der Waals surface area (Å²) in [5.41, 5.74) is 0. The van der Waals surface area contributed by atoms with Gasteiger partial charge in [-0.3, -0.25) is 0 Å². The van der Waals surface area contributed by atoms with Gasteiger partial charge in [-0.15, -0.1) is 13.2 Å². The van der Waals surface area contributed by atoms with Gasteiger partial charge in [0, 0.05) is 7.11 Å². The number of alkyl halides is 3. The quantitative estimate of drug-likeness (QED) is 0.846. The van der Waals surface area contributed by atoms with E-state index in [4.69, 9.17) is 9.84 Å². The van der Waals surface area contributed by atoms with Crippen molar-refractivity contribution in [1.29, 1.82) is 0 Å². The molecule has 1 aromatic carbocycles. The van der Waals surface area contributed by atoms with Crippen molar-refractivity contribution >= 4 is 21.9 Å². The Kier molecular flexibility index (Phi) is 5.63. The molecule has 0 aliphatic carbocycles. The Hall–Kier alpha value is -1.48. The maximum Gasteiger partial charge on any atom is 0.573 e. The first-order chi connectivity index (χ1) is 9.23. The van der Waals surface area contributed by atoms with Crippen LogP contribution in [0.15, 0.2) is 22.7 Å². The summed E-state index contributed by atoms with van der Waals surface area (Å²) in [5, 5.41) is 8.85. The van der Waals surface area contributed by atoms with Crippen LogP contribution < -0.4 is 9.47 Å². The molecule has 9 heteroatoms. The number of methoxy groups -OCH3 is 1. The number of carboxylic acids is 1. The van der Waals surface area contributed by atoms with Crippen LogP contribution in [0.1, 0.15) is 0 Å². The van der Waals surface area contributed by atoms with Crippen LogP contribution in [0.4, 0.5) is 13.2 Å². The highest BCUT2D eigenvalue weighted by molar-refractivity contribution is 9.10. The van der Waals surface area contributed by atoms with Gasteiger partial charge in [-0.05, 0) is 34.1 Å². The molecule has 5 nitrogen and oxygen atoms in total. The van der Waals surface area contributed by atoms with E-state index in [9.17, 15) is 18.0 Å². The summed E-state index contributed by atoms with van der Waals surface area (Å²) in [7, 11) is 1.30. The summed E-state index contributed by atoms with van der Waals surface area (Å²) in [6.45, 7) is -0.201. The van der Waals surface area contributed by atoms with Gasteiger partial charge < -0.3 is 19.3 Å². The second-order valence-corrected chi connectivity index (χ2v) is 4.39. The van der Waals surface area contributed by atoms with Gasteiger partial charge >= 0.3 is 12.3 Å². The molecule has 1 unspecified atom stereocenters. The third-order valence-electron chi connectivity index (χ3n) is 2.00. The zero-order chi connectivity index (χ0) is 15.3. The van der Waals surface area contributed by atoms with Crippen molar-refractivity contribution in [2.24, 2.45) is 0 Å². The average molecular weight is 359 g/mol. The molecule has 0 spiro atoms. The van der Waals surface area contributed by atoms with E-state index in [1.165, 1.54) is 13.2 Å². The Balaban J connectivity index is 2.83. The second-order valence-electron chi connectivity index (χ2n) is 3.54. The van der Waals surface area contributed by atoms with Crippen molar-refractivity contribution in [3.8, 4) is 11.5 Å². The number of carbonyl (C=O) groups is 1. The molecule has 0 aliphatic heterocycles. The summed E-state index contributed by atoms with van der Waals surface area (Å²) < 4.78 is 49.7. The van der Waals surface area contributed by atoms with E-state index >= 15 is 0 Å². The largest absolute Gasteiger partial charge is 0.573 e. The maximum absolute atomic E-state index is 12.1. The summed E-state index contributed by atoms with van der Waals surface area (Å²) in [6.07, 6.45) is -6.08. The molecule has 20 heavy (non-hydrogen) atoms. The van der Waals surface area contributed by atoms with Crippen molar-refractivity contribution in [3.05, 3.63) is 22.7 Å². The molecule has 0 aromatic heterocycles. The van der Waals surface area contributed by atoms with Crippen LogP contribution in [0.25, 0.3) is 0 Å². The molecule has 1 aromatic rings. The number of hydrogen-bond donors (Lipinski definition) is 1. The standard InChI is InChI=1S/C11H10BrF3O5/c1-18-5-9(10(16)17)19-6-2-3-8(7(12)4-6)20-11(13,14)15/h2-4,9H,5H2,1H3,(H,16,17). The minimum Gasteiger partial charge on any atom is -0.478 e. The average Bonchev–Trinajstić information content (AvgIpc) is 2.30. The molecule has 1 rings (SSSR count). The Morgan fingerprint density at radius 1 is 1.45 bits per heavy atom. The molecule has 0 radical (unpaired) electrons. The fourth-order valence-corrected chi connectivity index (χ4v) is 1.67. The van der Waals surface area contributed by atoms with E-state index in [0.29, 0.717) is 0 Å². The molecule has 0 amide bonds. The van der Waals surface area contributed by atoms with Crippen molar-refractivity contribution in [1.82, 2.24) is 0 Å². The van der Waals surface area contributed by atoms with Gasteiger partial charge in [-0.1, -0.05) is 0 Å². The zero-order valence-corrected chi connectivity index (χ0v) is 11.7. The van der Waals surface area contributed by atoms with Crippen molar-refractivity contribution in [3.63, 3.8) is 0 Å². The summed E-state index contributed by atoms with van der Waals surface area (Å²) in [6, 6.07) is 3.35. The van der Waals surface area contributed by atoms with Crippen molar-refractivity contribution in [2.45, 2.75) is 12.5 Å². The first-order valence-corrected chi connectivity index (χ1v) is 5.96. The number of rotatable bonds is 6. The molecule has 0 aliphatic rings. The van der Waals surface area contributed by atoms with Gasteiger partial charge in [0.15, 0.2) is 0 Å². The molecule has 0 bridgehead atoms. The minimum atomic E-state index is -4.81. The summed E-state index contributed by atoms with van der Waals surface area (Å²) >= 11 is 2.88. The molecular formula is C11H10BrF3O5. The van der Waals surface area contributed by atoms with Crippen molar-refractivity contribution < 1.29 is 37.3 Å². The van der Waals surface area contributed by atoms with Gasteiger partial charge in [0.1, 0.15) is 11.5 Å². The lowest BCUT2D eigenvalue weighted by Gasteiger charge is -2.16. The van der Waals surface area contributed by atoms with Gasteiger partial charge in [-0.2, -0.15) is 0 Å². The van der Waals surface area contributed by atoms with E-state index in [1.54, 1.807) is 0 Å². The smallest absolute Gasteiger partial charge is 0.478 e. The first-order valence-electron chi connectivity index (χ1n) is 5.16. The molecule has 112 valence electrons. The minimum absolute atomic E-state index is 0.0196. The topological polar surface area (TPSA) is 65.0 Å². The van der Waals surface area contributed by atoms with Crippen LogP contribution in [-0.4, -0.2) is 37.3 Å². The van der Waals surface area contributed by atoms with E-state index in [-0.39, 0.29) is 16.8 Å². The van der Waals surface area contributed by atoms with Gasteiger partial charge in [-0.25, -0.2) is 4.79 Å². The van der Waals surface area contributed by atoms with Crippen LogP contribution in [0.5, 0.6) is 11.5 Å². The molecule has 1 N–H and O–H groups in total. The fourth-order valence-electron chi connectivity index (χ4n) is 1.23. The van der Waals surface area contributed by atoms with Crippen molar-refractivity contribution in [2.75, 3.05) is 13.7 Å². The monoisotopic (exact) mass is 358 g/mol. The van der Waals surface area contributed by atoms with E-state index < -0.39 is 24.2 Å². The van der Waals surface area contributed by atoms with Gasteiger partial charge in [0.25, 0.3) is 0 Å². The normalized spacial score (nSPS) is 12.8. The third kappa shape index (κ3) is 5.25. The van der Waals surface area contributed by atoms with Crippen LogP contribution >= 0.6 is 15.9 Å². The lowest BCUT2D eigenvalue weighted by Crippen LogP contribution is -2.31. The molecule has 0 fully saturated rings. The highest BCUT2D eigenvalue weighted by Crippen LogP contribution is 2.33. The van der Waals surface area contributed by atoms with Crippen LogP contribution in [0.2, 0.25) is 0 Å². The number of hydrogen-bond acceptors (Lipinski definition) is 4. The summed E-state index contributed by atoms with van der Waals surface area (Å²) in [4.78, 5) is 10.8. The maximum atomic E-state index is 12.1. The zero-order valence-electron chi connectivity index (χ0n) is 10.1. The Labute approximate surface area is 120 Å². The first kappa shape index (κ1) is 16.6. The lowest BCUT2D eigenvalue weighted by atomic mass is 10.3. The highest BCUT2D eigenvalue weighted by Gasteiger charge is 2.32. The highest BCUT2D eigenvalue weighted by atomic mass is 79.9. The van der Waals surface area contributed by atoms with Crippen LogP contribution in [-0.2, 0) is 9.53 Å². The molecule has 1 atom stereocenters. The number of ether oxygens (including phenoxy) is 3. The molecule has 0 heterocycles. The SMILES string of the molecule is COCC(Oc1ccc(OC(F)(F)F)c(Br)c1)C(=O)O. The fraction of sp³-hybridized carbons (Fsp3) is 0.364. The number of carboxylic acid groups (broad SMARTS) is 1. The summed E-state index contributed by atoms with van der Waals surface area (Å²) in [5.74, 6) is -1.64. The molecular weight excluding hydrogens is 349 g/mol. The second kappa shape index (κ2) is 6.80. The Bertz CT molecular complexity index is 478. The third-order valence-corrected chi connectivity index (χ3v) is 2.62. The van der Waals surface area contributed by atoms with Crippen LogP contribution in [0.3, 0.4) is 0 Å². The Morgan fingerprint density at radius 2 is 2.10 bits per heavy atom. The van der Waals surface area contributed by atoms with E-state index in [2.05, 4.69) is 25.4 Å². The number of benzene rings is 1. The van der Waals surface area contributed by atoms with E-state index in [0.717, 1.165) is 12.1 Å². The van der Waals surface area contributed by atoms with Gasteiger partial charge in [0.2, 0.25) is 6.10 Å². The predicted molar refractivity (Wildman–Crippen MR) is 64.8 cm³/mol. The lowest BCUT2D eigenvalue weighted by molar-refractivity contribution is -0.274. The predicted octanol–water partition coefficient (Wildman–Crippen LogP) is 2.83. The van der Waals surface area contributed by atoms with E-state index in [1.807, 2.05) is 0 Å². The molecule has 0 saturated carbocycles. The molecule has 0 saturated heterocycles. The van der Waals surface area contributed by atoms with Crippen LogP contribution in [0, 0.1) is 0 Å². The number of halogens is 4. The number of aliphatic carboxylic acids is 1.